The van der Waals surface area contributed by atoms with E-state index in [4.69, 9.17) is 0 Å². The number of ketones is 1. The maximum atomic E-state index is 12.1. The van der Waals surface area contributed by atoms with Crippen molar-refractivity contribution >= 4 is 28.2 Å². The van der Waals surface area contributed by atoms with E-state index in [1.54, 1.807) is 0 Å². The third-order valence-corrected chi connectivity index (χ3v) is 3.91. The second-order valence-corrected chi connectivity index (χ2v) is 5.10. The molecule has 0 aliphatic heterocycles. The molecular weight excluding hydrogens is 244 g/mol. The smallest absolute Gasteiger partial charge is 0.180 e. The van der Waals surface area contributed by atoms with Gasteiger partial charge in [0.2, 0.25) is 0 Å². The maximum Gasteiger partial charge on any atom is 0.180 e. The minimum absolute atomic E-state index is 0.128. The van der Waals surface area contributed by atoms with Gasteiger partial charge in [0.1, 0.15) is 5.82 Å². The Bertz CT molecular complexity index is 698. The average Bonchev–Trinajstić information content (AvgIpc) is 3.00. The number of nitrogens with zero attached hydrogens (tertiary/aromatic N) is 2. The summed E-state index contributed by atoms with van der Waals surface area (Å²) in [5.74, 6) is 0.943. The third-order valence-electron chi connectivity index (χ3n) is 2.99. The molecule has 0 bridgehead atoms. The average molecular weight is 256 g/mol. The summed E-state index contributed by atoms with van der Waals surface area (Å²) in [4.78, 5) is 17.4. The number of imidazole rings is 1. The molecule has 0 radical (unpaired) electrons. The molecule has 0 atom stereocenters. The molecule has 90 valence electrons. The summed E-state index contributed by atoms with van der Waals surface area (Å²) in [6, 6.07) is 11.7. The molecular formula is C14H12N2OS. The molecule has 18 heavy (non-hydrogen) atoms. The fourth-order valence-electron chi connectivity index (χ4n) is 2.02. The van der Waals surface area contributed by atoms with Crippen molar-refractivity contribution in [1.82, 2.24) is 9.55 Å². The largest absolute Gasteiger partial charge is 0.331 e. The van der Waals surface area contributed by atoms with Gasteiger partial charge in [-0.15, -0.1) is 11.3 Å². The molecule has 0 aliphatic rings. The number of aromatic nitrogens is 2. The Morgan fingerprint density at radius 2 is 2.11 bits per heavy atom. The minimum atomic E-state index is 0.128. The Balaban J connectivity index is 1.96. The number of aryl methyl sites for hydroxylation is 1. The highest BCUT2D eigenvalue weighted by Crippen LogP contribution is 2.17. The molecule has 0 aliphatic carbocycles. The molecule has 3 nitrogen and oxygen atoms in total. The van der Waals surface area contributed by atoms with Crippen LogP contribution >= 0.6 is 11.3 Å². The molecule has 0 saturated heterocycles. The minimum Gasteiger partial charge on any atom is -0.331 e. The molecule has 1 aromatic carbocycles. The summed E-state index contributed by atoms with van der Waals surface area (Å²) in [5, 5.41) is 1.92. The topological polar surface area (TPSA) is 34.9 Å². The van der Waals surface area contributed by atoms with E-state index in [1.807, 2.05) is 53.4 Å². The highest BCUT2D eigenvalue weighted by molar-refractivity contribution is 7.12. The maximum absolute atomic E-state index is 12.1. The lowest BCUT2D eigenvalue weighted by molar-refractivity contribution is 0.0994. The summed E-state index contributed by atoms with van der Waals surface area (Å²) in [6.07, 6.45) is 0.353. The van der Waals surface area contributed by atoms with Gasteiger partial charge in [0.25, 0.3) is 0 Å². The predicted octanol–water partition coefficient (Wildman–Crippen LogP) is 3.06. The number of rotatable bonds is 3. The van der Waals surface area contributed by atoms with Crippen molar-refractivity contribution in [3.8, 4) is 0 Å². The molecule has 0 N–H and O–H groups in total. The van der Waals surface area contributed by atoms with Crippen molar-refractivity contribution in [3.05, 3.63) is 52.5 Å². The van der Waals surface area contributed by atoms with Crippen LogP contribution in [0.3, 0.4) is 0 Å². The molecule has 0 fully saturated rings. The SMILES string of the molecule is Cn1c(CC(=O)c2cccs2)nc2ccccc21. The molecule has 3 rings (SSSR count). The number of hydrogen-bond acceptors (Lipinski definition) is 3. The Morgan fingerprint density at radius 1 is 1.28 bits per heavy atom. The molecule has 4 heteroatoms. The van der Waals surface area contributed by atoms with E-state index in [-0.39, 0.29) is 5.78 Å². The first-order chi connectivity index (χ1) is 8.75. The van der Waals surface area contributed by atoms with E-state index in [0.29, 0.717) is 6.42 Å². The van der Waals surface area contributed by atoms with Crippen LogP contribution in [0, 0.1) is 0 Å². The lowest BCUT2D eigenvalue weighted by Crippen LogP contribution is -2.06. The predicted molar refractivity (Wildman–Crippen MR) is 73.1 cm³/mol. The monoisotopic (exact) mass is 256 g/mol. The van der Waals surface area contributed by atoms with Gasteiger partial charge < -0.3 is 4.57 Å². The van der Waals surface area contributed by atoms with Crippen LogP contribution in [0.2, 0.25) is 0 Å². The normalized spacial score (nSPS) is 10.9. The van der Waals surface area contributed by atoms with E-state index >= 15 is 0 Å². The third kappa shape index (κ3) is 1.84. The number of carbonyl (C=O) groups excluding carboxylic acids is 1. The van der Waals surface area contributed by atoms with Gasteiger partial charge in [-0.25, -0.2) is 4.98 Å². The van der Waals surface area contributed by atoms with Crippen LogP contribution in [0.4, 0.5) is 0 Å². The van der Waals surface area contributed by atoms with Crippen LogP contribution in [-0.4, -0.2) is 15.3 Å². The highest BCUT2D eigenvalue weighted by atomic mass is 32.1. The van der Waals surface area contributed by atoms with Crippen LogP contribution in [0.25, 0.3) is 11.0 Å². The fourth-order valence-corrected chi connectivity index (χ4v) is 2.69. The van der Waals surface area contributed by atoms with E-state index < -0.39 is 0 Å². The first-order valence-electron chi connectivity index (χ1n) is 5.73. The van der Waals surface area contributed by atoms with Gasteiger partial charge in [0.05, 0.1) is 22.3 Å². The molecule has 0 unspecified atom stereocenters. The number of benzene rings is 1. The molecule has 0 saturated carbocycles. The van der Waals surface area contributed by atoms with Crippen molar-refractivity contribution in [2.24, 2.45) is 7.05 Å². The van der Waals surface area contributed by atoms with E-state index in [1.165, 1.54) is 11.3 Å². The fraction of sp³-hybridized carbons (Fsp3) is 0.143. The van der Waals surface area contributed by atoms with Gasteiger partial charge in [-0.1, -0.05) is 18.2 Å². The van der Waals surface area contributed by atoms with Crippen LogP contribution in [0.15, 0.2) is 41.8 Å². The standard InChI is InChI=1S/C14H12N2OS/c1-16-11-6-3-2-5-10(11)15-14(16)9-12(17)13-7-4-8-18-13/h2-8H,9H2,1H3. The summed E-state index contributed by atoms with van der Waals surface area (Å²) in [6.45, 7) is 0. The second kappa shape index (κ2) is 4.38. The zero-order valence-corrected chi connectivity index (χ0v) is 10.8. The summed E-state index contributed by atoms with van der Waals surface area (Å²) >= 11 is 1.48. The second-order valence-electron chi connectivity index (χ2n) is 4.15. The Labute approximate surface area is 109 Å². The van der Waals surface area contributed by atoms with Crippen LogP contribution in [-0.2, 0) is 13.5 Å². The number of thiophene rings is 1. The quantitative estimate of drug-likeness (QED) is 0.675. The first kappa shape index (κ1) is 11.2. The van der Waals surface area contributed by atoms with E-state index in [9.17, 15) is 4.79 Å². The van der Waals surface area contributed by atoms with Gasteiger partial charge in [0, 0.05) is 7.05 Å². The molecule has 0 spiro atoms. The number of para-hydroxylation sites is 2. The van der Waals surface area contributed by atoms with Crippen molar-refractivity contribution in [2.75, 3.05) is 0 Å². The summed E-state index contributed by atoms with van der Waals surface area (Å²) in [7, 11) is 1.95. The van der Waals surface area contributed by atoms with Gasteiger partial charge in [-0.05, 0) is 23.6 Å². The molecule has 2 aromatic heterocycles. The molecule has 3 aromatic rings. The number of hydrogen-bond donors (Lipinski definition) is 0. The van der Waals surface area contributed by atoms with Gasteiger partial charge in [0.15, 0.2) is 5.78 Å². The number of Topliss-reactive ketones (excluding diaryl/α,β-unsaturated/α-hetero) is 1. The van der Waals surface area contributed by atoms with E-state index in [0.717, 1.165) is 21.7 Å². The summed E-state index contributed by atoms with van der Waals surface area (Å²) in [5.41, 5.74) is 2.00. The van der Waals surface area contributed by atoms with Crippen molar-refractivity contribution in [2.45, 2.75) is 6.42 Å². The molecule has 0 amide bonds. The lowest BCUT2D eigenvalue weighted by atomic mass is 10.2. The zero-order valence-electron chi connectivity index (χ0n) is 9.96. The van der Waals surface area contributed by atoms with Gasteiger partial charge in [-0.3, -0.25) is 4.79 Å². The lowest BCUT2D eigenvalue weighted by Gasteiger charge is -2.00. The Kier molecular flexibility index (Phi) is 2.72. The van der Waals surface area contributed by atoms with Gasteiger partial charge in [-0.2, -0.15) is 0 Å². The van der Waals surface area contributed by atoms with Gasteiger partial charge >= 0.3 is 0 Å². The van der Waals surface area contributed by atoms with Crippen molar-refractivity contribution < 1.29 is 4.79 Å². The zero-order chi connectivity index (χ0) is 12.5. The Hall–Kier alpha value is -1.94. The number of carbonyl (C=O) groups is 1. The Morgan fingerprint density at radius 3 is 2.83 bits per heavy atom. The van der Waals surface area contributed by atoms with E-state index in [2.05, 4.69) is 4.98 Å². The highest BCUT2D eigenvalue weighted by Gasteiger charge is 2.13. The number of fused-ring (bicyclic) bond motifs is 1. The summed E-state index contributed by atoms with van der Waals surface area (Å²) < 4.78 is 1.99. The van der Waals surface area contributed by atoms with Crippen LogP contribution < -0.4 is 0 Å². The molecule has 2 heterocycles. The van der Waals surface area contributed by atoms with Crippen molar-refractivity contribution in [3.63, 3.8) is 0 Å². The van der Waals surface area contributed by atoms with Crippen LogP contribution in [0.1, 0.15) is 15.5 Å². The van der Waals surface area contributed by atoms with Crippen LogP contribution in [0.5, 0.6) is 0 Å². The van der Waals surface area contributed by atoms with Crippen molar-refractivity contribution in [1.29, 1.82) is 0 Å². The first-order valence-corrected chi connectivity index (χ1v) is 6.61.